The van der Waals surface area contributed by atoms with Crippen LogP contribution in [0.4, 0.5) is 5.69 Å². The van der Waals surface area contributed by atoms with Gasteiger partial charge in [0.2, 0.25) is 0 Å². The molecule has 0 saturated heterocycles. The molecule has 0 aliphatic carbocycles. The Labute approximate surface area is 138 Å². The number of sulfone groups is 1. The molecule has 8 nitrogen and oxygen atoms in total. The predicted octanol–water partition coefficient (Wildman–Crippen LogP) is 2.15. The van der Waals surface area contributed by atoms with Crippen LogP contribution in [0.25, 0.3) is 0 Å². The van der Waals surface area contributed by atoms with Crippen molar-refractivity contribution in [1.82, 2.24) is 4.98 Å². The molecule has 24 heavy (non-hydrogen) atoms. The van der Waals surface area contributed by atoms with Gasteiger partial charge in [-0.3, -0.25) is 5.43 Å². The minimum absolute atomic E-state index is 0.0268. The van der Waals surface area contributed by atoms with Gasteiger partial charge in [0.25, 0.3) is 0 Å². The second kappa shape index (κ2) is 7.09. The Balaban J connectivity index is 2.04. The number of rotatable bonds is 6. The highest BCUT2D eigenvalue weighted by atomic mass is 32.2. The number of carboxylic acid groups (broad SMARTS) is 1. The summed E-state index contributed by atoms with van der Waals surface area (Å²) in [6.07, 6.45) is 2.40. The Kier molecular flexibility index (Phi) is 5.14. The van der Waals surface area contributed by atoms with Gasteiger partial charge in [-0.15, -0.1) is 0 Å². The molecular formula is C15H15N3O5S. The zero-order valence-corrected chi connectivity index (χ0v) is 13.7. The molecule has 9 heteroatoms. The predicted molar refractivity (Wildman–Crippen MR) is 88.2 cm³/mol. The number of benzene rings is 1. The monoisotopic (exact) mass is 349 g/mol. The number of ether oxygens (including phenoxy) is 1. The van der Waals surface area contributed by atoms with Gasteiger partial charge < -0.3 is 9.84 Å². The summed E-state index contributed by atoms with van der Waals surface area (Å²) < 4.78 is 28.2. The number of carbonyl (C=O) groups is 1. The van der Waals surface area contributed by atoms with Gasteiger partial charge in [0.05, 0.1) is 11.9 Å². The summed E-state index contributed by atoms with van der Waals surface area (Å²) in [7, 11) is -3.35. The van der Waals surface area contributed by atoms with E-state index < -0.39 is 15.8 Å². The molecule has 0 bridgehead atoms. The average molecular weight is 349 g/mol. The molecule has 0 aliphatic heterocycles. The van der Waals surface area contributed by atoms with E-state index in [9.17, 15) is 13.2 Å². The van der Waals surface area contributed by atoms with Gasteiger partial charge in [0, 0.05) is 6.26 Å². The first-order valence-corrected chi connectivity index (χ1v) is 8.62. The zero-order valence-electron chi connectivity index (χ0n) is 12.9. The number of hydrogen-bond donors (Lipinski definition) is 2. The molecule has 0 radical (unpaired) electrons. The van der Waals surface area contributed by atoms with Gasteiger partial charge in [-0.1, -0.05) is 0 Å². The highest BCUT2D eigenvalue weighted by Crippen LogP contribution is 2.23. The SMILES string of the molecule is CC(=NNc1ccc(Oc2ccc(S(C)(=O)=O)nc2)cc1)C(=O)O. The van der Waals surface area contributed by atoms with Crippen LogP contribution in [0.15, 0.2) is 52.7 Å². The van der Waals surface area contributed by atoms with Crippen LogP contribution in [0.5, 0.6) is 11.5 Å². The lowest BCUT2D eigenvalue weighted by atomic mass is 10.3. The number of aliphatic carboxylic acids is 1. The summed E-state index contributed by atoms with van der Waals surface area (Å²) >= 11 is 0. The molecule has 2 rings (SSSR count). The fraction of sp³-hybridized carbons (Fsp3) is 0.133. The van der Waals surface area contributed by atoms with E-state index in [1.807, 2.05) is 0 Å². The third-order valence-electron chi connectivity index (χ3n) is 2.84. The number of hydrazone groups is 1. The van der Waals surface area contributed by atoms with E-state index in [4.69, 9.17) is 9.84 Å². The normalized spacial score (nSPS) is 11.8. The molecule has 0 amide bonds. The van der Waals surface area contributed by atoms with E-state index in [1.165, 1.54) is 25.3 Å². The Morgan fingerprint density at radius 3 is 2.29 bits per heavy atom. The Hall–Kier alpha value is -2.94. The number of anilines is 1. The third-order valence-corrected chi connectivity index (χ3v) is 3.84. The van der Waals surface area contributed by atoms with Crippen molar-refractivity contribution >= 4 is 27.2 Å². The molecule has 0 fully saturated rings. The quantitative estimate of drug-likeness (QED) is 0.606. The van der Waals surface area contributed by atoms with Crippen LogP contribution < -0.4 is 10.2 Å². The van der Waals surface area contributed by atoms with Crippen LogP contribution in [-0.4, -0.2) is 36.4 Å². The van der Waals surface area contributed by atoms with Gasteiger partial charge in [-0.2, -0.15) is 5.10 Å². The molecule has 1 heterocycles. The van der Waals surface area contributed by atoms with Gasteiger partial charge in [-0.25, -0.2) is 18.2 Å². The van der Waals surface area contributed by atoms with Crippen molar-refractivity contribution in [3.05, 3.63) is 42.6 Å². The van der Waals surface area contributed by atoms with Gasteiger partial charge in [0.15, 0.2) is 14.9 Å². The zero-order chi connectivity index (χ0) is 17.7. The second-order valence-electron chi connectivity index (χ2n) is 4.84. The first-order valence-electron chi connectivity index (χ1n) is 6.73. The van der Waals surface area contributed by atoms with E-state index in [2.05, 4.69) is 15.5 Å². The van der Waals surface area contributed by atoms with E-state index in [-0.39, 0.29) is 10.7 Å². The summed E-state index contributed by atoms with van der Waals surface area (Å²) in [6.45, 7) is 1.37. The lowest BCUT2D eigenvalue weighted by Crippen LogP contribution is -2.10. The Morgan fingerprint density at radius 1 is 1.17 bits per heavy atom. The molecule has 0 spiro atoms. The Bertz CT molecular complexity index is 859. The molecule has 126 valence electrons. The highest BCUT2D eigenvalue weighted by molar-refractivity contribution is 7.90. The third kappa shape index (κ3) is 4.78. The maximum Gasteiger partial charge on any atom is 0.351 e. The Morgan fingerprint density at radius 2 is 1.79 bits per heavy atom. The van der Waals surface area contributed by atoms with Crippen LogP contribution in [0.2, 0.25) is 0 Å². The van der Waals surface area contributed by atoms with Crippen LogP contribution in [0.3, 0.4) is 0 Å². The summed E-state index contributed by atoms with van der Waals surface area (Å²) in [5, 5.41) is 12.4. The van der Waals surface area contributed by atoms with Crippen LogP contribution in [0.1, 0.15) is 6.92 Å². The fourth-order valence-electron chi connectivity index (χ4n) is 1.58. The van der Waals surface area contributed by atoms with Crippen LogP contribution >= 0.6 is 0 Å². The molecule has 0 saturated carbocycles. The van der Waals surface area contributed by atoms with Crippen molar-refractivity contribution in [2.45, 2.75) is 11.9 Å². The van der Waals surface area contributed by atoms with E-state index in [0.717, 1.165) is 6.26 Å². The van der Waals surface area contributed by atoms with Crippen molar-refractivity contribution in [3.8, 4) is 11.5 Å². The van der Waals surface area contributed by atoms with Crippen molar-refractivity contribution in [1.29, 1.82) is 0 Å². The molecule has 2 aromatic rings. The maximum absolute atomic E-state index is 11.3. The number of pyridine rings is 1. The summed E-state index contributed by atoms with van der Waals surface area (Å²) in [6, 6.07) is 9.50. The fourth-order valence-corrected chi connectivity index (χ4v) is 2.14. The van der Waals surface area contributed by atoms with Crippen LogP contribution in [0, 0.1) is 0 Å². The number of carboxylic acids is 1. The first kappa shape index (κ1) is 17.4. The summed E-state index contributed by atoms with van der Waals surface area (Å²) in [5.41, 5.74) is 3.14. The largest absolute Gasteiger partial charge is 0.477 e. The highest BCUT2D eigenvalue weighted by Gasteiger charge is 2.08. The molecular weight excluding hydrogens is 334 g/mol. The smallest absolute Gasteiger partial charge is 0.351 e. The van der Waals surface area contributed by atoms with Gasteiger partial charge in [-0.05, 0) is 43.3 Å². The van der Waals surface area contributed by atoms with Crippen molar-refractivity contribution in [2.75, 3.05) is 11.7 Å². The second-order valence-corrected chi connectivity index (χ2v) is 6.81. The molecule has 0 atom stereocenters. The molecule has 1 aromatic carbocycles. The number of aromatic nitrogens is 1. The summed E-state index contributed by atoms with van der Waals surface area (Å²) in [4.78, 5) is 14.5. The molecule has 1 aromatic heterocycles. The van der Waals surface area contributed by atoms with Gasteiger partial charge >= 0.3 is 5.97 Å². The molecule has 2 N–H and O–H groups in total. The standard InChI is InChI=1S/C15H15N3O5S/c1-10(15(19)20)17-18-11-3-5-12(6-4-11)23-13-7-8-14(16-9-13)24(2,21)22/h3-9,18H,1-2H3,(H,19,20). The van der Waals surface area contributed by atoms with Crippen molar-refractivity contribution in [3.63, 3.8) is 0 Å². The molecule has 0 unspecified atom stereocenters. The average Bonchev–Trinajstić information content (AvgIpc) is 2.53. The number of nitrogens with zero attached hydrogens (tertiary/aromatic N) is 2. The van der Waals surface area contributed by atoms with Crippen molar-refractivity contribution < 1.29 is 23.1 Å². The number of hydrogen-bond acceptors (Lipinski definition) is 7. The van der Waals surface area contributed by atoms with E-state index >= 15 is 0 Å². The van der Waals surface area contributed by atoms with Crippen LogP contribution in [-0.2, 0) is 14.6 Å². The summed E-state index contributed by atoms with van der Waals surface area (Å²) in [5.74, 6) is -0.205. The lowest BCUT2D eigenvalue weighted by Gasteiger charge is -2.07. The van der Waals surface area contributed by atoms with E-state index in [0.29, 0.717) is 17.2 Å². The van der Waals surface area contributed by atoms with Crippen molar-refractivity contribution in [2.24, 2.45) is 5.10 Å². The lowest BCUT2D eigenvalue weighted by molar-refractivity contribution is -0.129. The minimum Gasteiger partial charge on any atom is -0.477 e. The topological polar surface area (TPSA) is 118 Å². The first-order chi connectivity index (χ1) is 11.3. The number of nitrogens with one attached hydrogen (secondary N) is 1. The minimum atomic E-state index is -3.35. The van der Waals surface area contributed by atoms with Gasteiger partial charge in [0.1, 0.15) is 17.2 Å². The molecule has 0 aliphatic rings. The van der Waals surface area contributed by atoms with E-state index in [1.54, 1.807) is 24.3 Å². The maximum atomic E-state index is 11.3.